The first-order valence-electron chi connectivity index (χ1n) is 5.22. The van der Waals surface area contributed by atoms with Crippen molar-refractivity contribution in [2.24, 2.45) is 7.05 Å². The van der Waals surface area contributed by atoms with Gasteiger partial charge < -0.3 is 5.32 Å². The Bertz CT molecular complexity index is 524. The number of aromatic nitrogens is 2. The minimum absolute atomic E-state index is 0.0497. The van der Waals surface area contributed by atoms with E-state index in [-0.39, 0.29) is 6.04 Å². The third-order valence-electron chi connectivity index (χ3n) is 2.62. The maximum absolute atomic E-state index is 6.24. The summed E-state index contributed by atoms with van der Waals surface area (Å²) in [5.41, 5.74) is 2.13. The molecule has 1 unspecified atom stereocenters. The normalized spacial score (nSPS) is 12.7. The third-order valence-corrected chi connectivity index (χ3v) is 3.45. The van der Waals surface area contributed by atoms with Crippen molar-refractivity contribution in [1.82, 2.24) is 15.1 Å². The number of nitrogens with one attached hydrogen (secondary N) is 1. The van der Waals surface area contributed by atoms with Crippen molar-refractivity contribution in [3.63, 3.8) is 0 Å². The fourth-order valence-corrected chi connectivity index (χ4v) is 2.43. The molecule has 2 aromatic rings. The lowest BCUT2D eigenvalue weighted by atomic mass is 10.0. The molecule has 17 heavy (non-hydrogen) atoms. The summed E-state index contributed by atoms with van der Waals surface area (Å²) in [4.78, 5) is 0. The van der Waals surface area contributed by atoms with Gasteiger partial charge in [-0.05, 0) is 30.8 Å². The maximum Gasteiger partial charge on any atom is 0.0620 e. The molecule has 90 valence electrons. The summed E-state index contributed by atoms with van der Waals surface area (Å²) in [6.45, 7) is 0. The number of benzene rings is 1. The van der Waals surface area contributed by atoms with Gasteiger partial charge in [-0.25, -0.2) is 0 Å². The molecule has 0 saturated carbocycles. The molecular formula is C12H13BrClN3. The Morgan fingerprint density at radius 1 is 1.47 bits per heavy atom. The second-order valence-electron chi connectivity index (χ2n) is 3.83. The minimum atomic E-state index is 0.0497. The first-order valence-corrected chi connectivity index (χ1v) is 6.39. The van der Waals surface area contributed by atoms with Gasteiger partial charge >= 0.3 is 0 Å². The van der Waals surface area contributed by atoms with Crippen molar-refractivity contribution >= 4 is 27.5 Å². The van der Waals surface area contributed by atoms with Crippen molar-refractivity contribution in [2.45, 2.75) is 6.04 Å². The molecule has 1 heterocycles. The molecule has 1 aromatic heterocycles. The molecule has 5 heteroatoms. The summed E-state index contributed by atoms with van der Waals surface area (Å²) in [6.07, 6.45) is 3.83. The van der Waals surface area contributed by atoms with E-state index in [4.69, 9.17) is 11.6 Å². The van der Waals surface area contributed by atoms with Gasteiger partial charge in [-0.2, -0.15) is 5.10 Å². The first kappa shape index (κ1) is 12.6. The highest BCUT2D eigenvalue weighted by Gasteiger charge is 2.16. The van der Waals surface area contributed by atoms with Gasteiger partial charge in [0.25, 0.3) is 0 Å². The van der Waals surface area contributed by atoms with Crippen LogP contribution in [0.25, 0.3) is 0 Å². The second-order valence-corrected chi connectivity index (χ2v) is 5.16. The zero-order valence-electron chi connectivity index (χ0n) is 9.61. The van der Waals surface area contributed by atoms with Crippen LogP contribution < -0.4 is 5.32 Å². The number of rotatable bonds is 3. The van der Waals surface area contributed by atoms with Crippen LogP contribution in [-0.2, 0) is 7.05 Å². The molecule has 1 atom stereocenters. The predicted octanol–water partition coefficient (Wildman–Crippen LogP) is 3.14. The summed E-state index contributed by atoms with van der Waals surface area (Å²) in [5.74, 6) is 0. The Morgan fingerprint density at radius 2 is 2.24 bits per heavy atom. The van der Waals surface area contributed by atoms with Gasteiger partial charge in [-0.1, -0.05) is 27.5 Å². The van der Waals surface area contributed by atoms with Gasteiger partial charge in [0.2, 0.25) is 0 Å². The molecule has 3 nitrogen and oxygen atoms in total. The standard InChI is InChI=1S/C12H13BrClN3/c1-15-12(8-6-16-17(2)7-8)10-5-9(13)3-4-11(10)14/h3-7,12,15H,1-2H3. The topological polar surface area (TPSA) is 29.9 Å². The van der Waals surface area contributed by atoms with Crippen molar-refractivity contribution in [3.05, 3.63) is 51.2 Å². The van der Waals surface area contributed by atoms with Crippen molar-refractivity contribution in [1.29, 1.82) is 0 Å². The van der Waals surface area contributed by atoms with E-state index in [0.717, 1.165) is 20.6 Å². The number of nitrogens with zero attached hydrogens (tertiary/aromatic N) is 2. The van der Waals surface area contributed by atoms with Crippen LogP contribution >= 0.6 is 27.5 Å². The van der Waals surface area contributed by atoms with Gasteiger partial charge in [-0.3, -0.25) is 4.68 Å². The molecule has 0 amide bonds. The van der Waals surface area contributed by atoms with Crippen LogP contribution in [0.3, 0.4) is 0 Å². The highest BCUT2D eigenvalue weighted by atomic mass is 79.9. The molecule has 0 aliphatic carbocycles. The summed E-state index contributed by atoms with van der Waals surface area (Å²) in [7, 11) is 3.81. The number of hydrogen-bond donors (Lipinski definition) is 1. The van der Waals surface area contributed by atoms with E-state index >= 15 is 0 Å². The van der Waals surface area contributed by atoms with Crippen LogP contribution in [0.2, 0.25) is 5.02 Å². The van der Waals surface area contributed by atoms with Crippen molar-refractivity contribution in [3.8, 4) is 0 Å². The van der Waals surface area contributed by atoms with Gasteiger partial charge in [-0.15, -0.1) is 0 Å². The second kappa shape index (κ2) is 5.21. The number of halogens is 2. The minimum Gasteiger partial charge on any atom is -0.309 e. The van der Waals surface area contributed by atoms with E-state index in [1.165, 1.54) is 0 Å². The van der Waals surface area contributed by atoms with Crippen molar-refractivity contribution in [2.75, 3.05) is 7.05 Å². The van der Waals surface area contributed by atoms with Crippen LogP contribution in [0.1, 0.15) is 17.2 Å². The van der Waals surface area contributed by atoms with Crippen LogP contribution in [0.4, 0.5) is 0 Å². The lowest BCUT2D eigenvalue weighted by Crippen LogP contribution is -2.17. The molecule has 0 fully saturated rings. The molecule has 0 bridgehead atoms. The van der Waals surface area contributed by atoms with E-state index in [1.54, 1.807) is 4.68 Å². The molecule has 0 radical (unpaired) electrons. The average molecular weight is 315 g/mol. The molecule has 2 rings (SSSR count). The molecule has 1 N–H and O–H groups in total. The average Bonchev–Trinajstić information content (AvgIpc) is 2.71. The Kier molecular flexibility index (Phi) is 3.86. The molecule has 0 saturated heterocycles. The van der Waals surface area contributed by atoms with Gasteiger partial charge in [0.05, 0.1) is 12.2 Å². The predicted molar refractivity (Wildman–Crippen MR) is 73.3 cm³/mol. The maximum atomic E-state index is 6.24. The Balaban J connectivity index is 2.45. The van der Waals surface area contributed by atoms with Gasteiger partial charge in [0.1, 0.15) is 0 Å². The fourth-order valence-electron chi connectivity index (χ4n) is 1.83. The van der Waals surface area contributed by atoms with E-state index in [0.29, 0.717) is 0 Å². The smallest absolute Gasteiger partial charge is 0.0620 e. The Morgan fingerprint density at radius 3 is 2.82 bits per heavy atom. The Hall–Kier alpha value is -0.840. The zero-order chi connectivity index (χ0) is 12.4. The fraction of sp³-hybridized carbons (Fsp3) is 0.250. The zero-order valence-corrected chi connectivity index (χ0v) is 12.0. The van der Waals surface area contributed by atoms with E-state index in [1.807, 2.05) is 44.7 Å². The monoisotopic (exact) mass is 313 g/mol. The van der Waals surface area contributed by atoms with E-state index in [9.17, 15) is 0 Å². The van der Waals surface area contributed by atoms with Crippen molar-refractivity contribution < 1.29 is 0 Å². The summed E-state index contributed by atoms with van der Waals surface area (Å²) in [5, 5.41) is 8.19. The van der Waals surface area contributed by atoms with Crippen LogP contribution in [0.5, 0.6) is 0 Å². The molecular weight excluding hydrogens is 302 g/mol. The number of hydrogen-bond acceptors (Lipinski definition) is 2. The quantitative estimate of drug-likeness (QED) is 0.943. The van der Waals surface area contributed by atoms with Crippen LogP contribution in [-0.4, -0.2) is 16.8 Å². The van der Waals surface area contributed by atoms with Crippen LogP contribution in [0, 0.1) is 0 Å². The van der Waals surface area contributed by atoms with Gasteiger partial charge in [0, 0.05) is 28.3 Å². The highest BCUT2D eigenvalue weighted by Crippen LogP contribution is 2.30. The molecule has 1 aromatic carbocycles. The lowest BCUT2D eigenvalue weighted by molar-refractivity contribution is 0.689. The van der Waals surface area contributed by atoms with Gasteiger partial charge in [0.15, 0.2) is 0 Å². The first-order chi connectivity index (χ1) is 8.11. The molecule has 0 aliphatic heterocycles. The SMILES string of the molecule is CNC(c1cnn(C)c1)c1cc(Br)ccc1Cl. The highest BCUT2D eigenvalue weighted by molar-refractivity contribution is 9.10. The largest absolute Gasteiger partial charge is 0.309 e. The molecule has 0 aliphatic rings. The molecule has 0 spiro atoms. The summed E-state index contributed by atoms with van der Waals surface area (Å²) >= 11 is 9.70. The summed E-state index contributed by atoms with van der Waals surface area (Å²) in [6, 6.07) is 5.90. The van der Waals surface area contributed by atoms with Crippen LogP contribution in [0.15, 0.2) is 35.1 Å². The number of aryl methyl sites for hydroxylation is 1. The lowest BCUT2D eigenvalue weighted by Gasteiger charge is -2.16. The van der Waals surface area contributed by atoms with E-state index in [2.05, 4.69) is 26.3 Å². The van der Waals surface area contributed by atoms with E-state index < -0.39 is 0 Å². The summed E-state index contributed by atoms with van der Waals surface area (Å²) < 4.78 is 2.80. The third kappa shape index (κ3) is 2.70. The Labute approximate surface area is 114 Å².